The second kappa shape index (κ2) is 4.89. The zero-order valence-corrected chi connectivity index (χ0v) is 11.9. The summed E-state index contributed by atoms with van der Waals surface area (Å²) < 4.78 is 5.08. The van der Waals surface area contributed by atoms with E-state index in [1.54, 1.807) is 7.11 Å². The highest BCUT2D eigenvalue weighted by Crippen LogP contribution is 2.59. The van der Waals surface area contributed by atoms with Gasteiger partial charge >= 0.3 is 5.97 Å². The van der Waals surface area contributed by atoms with Crippen LogP contribution < -0.4 is 4.74 Å². The van der Waals surface area contributed by atoms with Gasteiger partial charge in [-0.1, -0.05) is 31.5 Å². The van der Waals surface area contributed by atoms with Gasteiger partial charge in [0, 0.05) is 5.03 Å². The molecule has 1 aromatic rings. The van der Waals surface area contributed by atoms with Gasteiger partial charge in [-0.2, -0.15) is 0 Å². The van der Waals surface area contributed by atoms with Crippen LogP contribution in [0.3, 0.4) is 0 Å². The second-order valence-electron chi connectivity index (χ2n) is 5.41. The van der Waals surface area contributed by atoms with Crippen molar-refractivity contribution < 1.29 is 14.6 Å². The number of carboxylic acid groups (broad SMARTS) is 1. The molecule has 2 rings (SSSR count). The summed E-state index contributed by atoms with van der Waals surface area (Å²) in [5.41, 5.74) is 0.646. The fraction of sp³-hybridized carbons (Fsp3) is 0.400. The molecular weight excluding hydrogens is 264 g/mol. The number of hydrogen-bond donors (Lipinski definition) is 1. The van der Waals surface area contributed by atoms with Gasteiger partial charge in [0.15, 0.2) is 0 Å². The summed E-state index contributed by atoms with van der Waals surface area (Å²) in [5.74, 6) is -0.354. The van der Waals surface area contributed by atoms with Crippen LogP contribution in [-0.2, 0) is 4.79 Å². The van der Waals surface area contributed by atoms with E-state index < -0.39 is 5.97 Å². The molecule has 19 heavy (non-hydrogen) atoms. The van der Waals surface area contributed by atoms with E-state index in [1.165, 1.54) is 0 Å². The summed E-state index contributed by atoms with van der Waals surface area (Å²) in [5, 5.41) is 9.71. The predicted octanol–water partition coefficient (Wildman–Crippen LogP) is 3.63. The first-order valence-electron chi connectivity index (χ1n) is 6.12. The van der Waals surface area contributed by atoms with Gasteiger partial charge in [-0.3, -0.25) is 4.79 Å². The molecule has 0 amide bonds. The summed E-state index contributed by atoms with van der Waals surface area (Å²) in [6.45, 7) is 3.90. The third-order valence-electron chi connectivity index (χ3n) is 3.87. The number of halogens is 1. The minimum atomic E-state index is -0.759. The summed E-state index contributed by atoms with van der Waals surface area (Å²) in [6.07, 6.45) is 1.85. The van der Waals surface area contributed by atoms with Gasteiger partial charge < -0.3 is 9.84 Å². The van der Waals surface area contributed by atoms with Crippen molar-refractivity contribution in [2.24, 2.45) is 17.3 Å². The van der Waals surface area contributed by atoms with Crippen LogP contribution in [0.25, 0.3) is 5.03 Å². The molecule has 1 saturated carbocycles. The molecular formula is C15H17ClO3. The molecule has 1 aliphatic carbocycles. The molecule has 0 spiro atoms. The van der Waals surface area contributed by atoms with Crippen LogP contribution in [0, 0.1) is 17.3 Å². The topological polar surface area (TPSA) is 46.5 Å². The number of carbonyl (C=O) groups is 1. The zero-order chi connectivity index (χ0) is 14.2. The first-order valence-corrected chi connectivity index (χ1v) is 6.50. The molecule has 4 heteroatoms. The lowest BCUT2D eigenvalue weighted by atomic mass is 10.1. The molecule has 1 N–H and O–H groups in total. The molecule has 0 radical (unpaired) electrons. The third kappa shape index (κ3) is 2.61. The molecule has 2 unspecified atom stereocenters. The fourth-order valence-electron chi connectivity index (χ4n) is 2.46. The number of ether oxygens (including phenoxy) is 1. The van der Waals surface area contributed by atoms with E-state index in [4.69, 9.17) is 21.4 Å². The Morgan fingerprint density at radius 2 is 1.95 bits per heavy atom. The number of hydrogen-bond acceptors (Lipinski definition) is 2. The van der Waals surface area contributed by atoms with Crippen LogP contribution in [0.15, 0.2) is 30.3 Å². The first-order chi connectivity index (χ1) is 8.87. The number of aliphatic carboxylic acids is 1. The normalized spacial score (nSPS) is 24.9. The summed E-state index contributed by atoms with van der Waals surface area (Å²) in [4.78, 5) is 11.1. The van der Waals surface area contributed by atoms with Gasteiger partial charge in [-0.05, 0) is 41.2 Å². The lowest BCUT2D eigenvalue weighted by molar-refractivity contribution is -0.139. The Morgan fingerprint density at radius 3 is 2.37 bits per heavy atom. The van der Waals surface area contributed by atoms with Crippen molar-refractivity contribution in [1.82, 2.24) is 0 Å². The number of carboxylic acids is 1. The molecule has 102 valence electrons. The van der Waals surface area contributed by atoms with Crippen molar-refractivity contribution in [3.63, 3.8) is 0 Å². The molecule has 0 aliphatic heterocycles. The Balaban J connectivity index is 2.17. The number of methoxy groups -OCH3 is 1. The van der Waals surface area contributed by atoms with Gasteiger partial charge in [0.05, 0.1) is 13.0 Å². The van der Waals surface area contributed by atoms with Gasteiger partial charge in [-0.15, -0.1) is 0 Å². The predicted molar refractivity (Wildman–Crippen MR) is 75.2 cm³/mol. The Bertz CT molecular complexity index is 517. The lowest BCUT2D eigenvalue weighted by Crippen LogP contribution is -2.03. The van der Waals surface area contributed by atoms with Crippen molar-refractivity contribution in [2.75, 3.05) is 7.11 Å². The minimum absolute atomic E-state index is 0.0143. The zero-order valence-electron chi connectivity index (χ0n) is 11.2. The van der Waals surface area contributed by atoms with Crippen LogP contribution in [-0.4, -0.2) is 18.2 Å². The van der Waals surface area contributed by atoms with E-state index >= 15 is 0 Å². The molecule has 0 aromatic heterocycles. The Hall–Kier alpha value is -1.48. The standard InChI is InChI=1S/C15H17ClO3/c1-15(2)11(13(15)14(17)18)8-12(16)9-4-6-10(19-3)7-5-9/h4-8,11,13H,1-3H3,(H,17,18). The number of allylic oxidation sites excluding steroid dienone is 1. The Labute approximate surface area is 117 Å². The monoisotopic (exact) mass is 280 g/mol. The van der Waals surface area contributed by atoms with Crippen LogP contribution >= 0.6 is 11.6 Å². The summed E-state index contributed by atoms with van der Waals surface area (Å²) in [7, 11) is 1.61. The Morgan fingerprint density at radius 1 is 1.37 bits per heavy atom. The van der Waals surface area contributed by atoms with Gasteiger partial charge in [0.25, 0.3) is 0 Å². The van der Waals surface area contributed by atoms with Gasteiger partial charge in [-0.25, -0.2) is 0 Å². The van der Waals surface area contributed by atoms with E-state index in [2.05, 4.69) is 0 Å². The van der Waals surface area contributed by atoms with Crippen molar-refractivity contribution in [1.29, 1.82) is 0 Å². The van der Waals surface area contributed by atoms with E-state index in [9.17, 15) is 4.79 Å². The third-order valence-corrected chi connectivity index (χ3v) is 4.21. The molecule has 0 bridgehead atoms. The van der Waals surface area contributed by atoms with Gasteiger partial charge in [0.2, 0.25) is 0 Å². The number of benzene rings is 1. The SMILES string of the molecule is COc1ccc(C(Cl)=CC2C(C(=O)O)C2(C)C)cc1. The van der Waals surface area contributed by atoms with Crippen molar-refractivity contribution in [2.45, 2.75) is 13.8 Å². The van der Waals surface area contributed by atoms with Gasteiger partial charge in [0.1, 0.15) is 5.75 Å². The van der Waals surface area contributed by atoms with Crippen LogP contribution in [0.2, 0.25) is 0 Å². The maximum Gasteiger partial charge on any atom is 0.307 e. The molecule has 1 fully saturated rings. The minimum Gasteiger partial charge on any atom is -0.497 e. The van der Waals surface area contributed by atoms with E-state index in [0.717, 1.165) is 11.3 Å². The highest BCUT2D eigenvalue weighted by Gasteiger charge is 2.61. The smallest absolute Gasteiger partial charge is 0.307 e. The lowest BCUT2D eigenvalue weighted by Gasteiger charge is -2.03. The molecule has 1 aromatic carbocycles. The maximum atomic E-state index is 11.1. The van der Waals surface area contributed by atoms with Crippen LogP contribution in [0.1, 0.15) is 19.4 Å². The van der Waals surface area contributed by atoms with Crippen LogP contribution in [0.5, 0.6) is 5.75 Å². The maximum absolute atomic E-state index is 11.1. The molecule has 3 nitrogen and oxygen atoms in total. The van der Waals surface area contributed by atoms with E-state index in [1.807, 2.05) is 44.2 Å². The van der Waals surface area contributed by atoms with Crippen LogP contribution in [0.4, 0.5) is 0 Å². The molecule has 2 atom stereocenters. The van der Waals surface area contributed by atoms with E-state index in [0.29, 0.717) is 5.03 Å². The highest BCUT2D eigenvalue weighted by molar-refractivity contribution is 6.48. The molecule has 0 saturated heterocycles. The fourth-order valence-corrected chi connectivity index (χ4v) is 2.73. The van der Waals surface area contributed by atoms with Crippen molar-refractivity contribution in [3.8, 4) is 5.75 Å². The first kappa shape index (κ1) is 13.9. The van der Waals surface area contributed by atoms with E-state index in [-0.39, 0.29) is 17.3 Å². The summed E-state index contributed by atoms with van der Waals surface area (Å²) >= 11 is 6.26. The number of rotatable bonds is 4. The quantitative estimate of drug-likeness (QED) is 0.916. The highest BCUT2D eigenvalue weighted by atomic mass is 35.5. The summed E-state index contributed by atoms with van der Waals surface area (Å²) in [6, 6.07) is 7.39. The van der Waals surface area contributed by atoms with Crippen molar-refractivity contribution in [3.05, 3.63) is 35.9 Å². The Kier molecular flexibility index (Phi) is 3.59. The largest absolute Gasteiger partial charge is 0.497 e. The van der Waals surface area contributed by atoms with Crippen molar-refractivity contribution >= 4 is 22.6 Å². The average Bonchev–Trinajstić information content (AvgIpc) is 2.91. The average molecular weight is 281 g/mol. The molecule has 1 aliphatic rings. The second-order valence-corrected chi connectivity index (χ2v) is 5.81. The molecule has 0 heterocycles.